The van der Waals surface area contributed by atoms with Gasteiger partial charge in [-0.05, 0) is 38.4 Å². The fourth-order valence-electron chi connectivity index (χ4n) is 2.55. The summed E-state index contributed by atoms with van der Waals surface area (Å²) in [6.45, 7) is 3.28. The molecule has 3 heteroatoms. The number of hydrogen-bond donors (Lipinski definition) is 1. The van der Waals surface area contributed by atoms with Gasteiger partial charge >= 0.3 is 0 Å². The average Bonchev–Trinajstić information content (AvgIpc) is 2.69. The number of fused-ring (bicyclic) bond motifs is 1. The summed E-state index contributed by atoms with van der Waals surface area (Å²) in [5.74, 6) is 0. The summed E-state index contributed by atoms with van der Waals surface area (Å²) < 4.78 is 2.17. The minimum absolute atomic E-state index is 0.452. The molecule has 0 aromatic carbocycles. The van der Waals surface area contributed by atoms with Crippen LogP contribution >= 0.6 is 0 Å². The molecule has 0 radical (unpaired) electrons. The maximum Gasteiger partial charge on any atom is 0.137 e. The minimum atomic E-state index is 0.452. The van der Waals surface area contributed by atoms with E-state index in [1.165, 1.54) is 30.7 Å². The maximum atomic E-state index is 4.74. The summed E-state index contributed by atoms with van der Waals surface area (Å²) in [7, 11) is 0. The van der Waals surface area contributed by atoms with Gasteiger partial charge in [-0.25, -0.2) is 4.98 Å². The van der Waals surface area contributed by atoms with E-state index in [9.17, 15) is 0 Å². The van der Waals surface area contributed by atoms with Crippen LogP contribution < -0.4 is 5.32 Å². The zero-order chi connectivity index (χ0) is 11.0. The quantitative estimate of drug-likeness (QED) is 0.791. The SMILES string of the molecule is Cc1c(C2CCCCN2)nc2ccccn12. The van der Waals surface area contributed by atoms with Crippen molar-refractivity contribution in [3.8, 4) is 0 Å². The molecule has 1 aliphatic heterocycles. The van der Waals surface area contributed by atoms with Gasteiger partial charge in [0.05, 0.1) is 11.7 Å². The molecule has 1 aliphatic rings. The summed E-state index contributed by atoms with van der Waals surface area (Å²) >= 11 is 0. The predicted octanol–water partition coefficient (Wildman–Crippen LogP) is 2.46. The van der Waals surface area contributed by atoms with E-state index in [0.29, 0.717) is 6.04 Å². The van der Waals surface area contributed by atoms with Gasteiger partial charge in [-0.2, -0.15) is 0 Å². The Hall–Kier alpha value is -1.35. The van der Waals surface area contributed by atoms with Gasteiger partial charge in [0.25, 0.3) is 0 Å². The molecular formula is C13H17N3. The lowest BCUT2D eigenvalue weighted by atomic mass is 10.0. The Morgan fingerprint density at radius 3 is 3.06 bits per heavy atom. The van der Waals surface area contributed by atoms with Crippen molar-refractivity contribution in [3.05, 3.63) is 35.8 Å². The average molecular weight is 215 g/mol. The van der Waals surface area contributed by atoms with Crippen LogP contribution in [0.1, 0.15) is 36.7 Å². The highest BCUT2D eigenvalue weighted by atomic mass is 15.1. The molecule has 1 fully saturated rings. The number of aryl methyl sites for hydroxylation is 1. The summed E-state index contributed by atoms with van der Waals surface area (Å²) in [4.78, 5) is 4.74. The number of piperidine rings is 1. The van der Waals surface area contributed by atoms with Gasteiger partial charge < -0.3 is 9.72 Å². The van der Waals surface area contributed by atoms with Crippen LogP contribution in [0.2, 0.25) is 0 Å². The first-order valence-electron chi connectivity index (χ1n) is 6.03. The second kappa shape index (κ2) is 3.91. The lowest BCUT2D eigenvalue weighted by molar-refractivity contribution is 0.405. The van der Waals surface area contributed by atoms with Crippen molar-refractivity contribution in [2.24, 2.45) is 0 Å². The van der Waals surface area contributed by atoms with Crippen LogP contribution in [0.4, 0.5) is 0 Å². The van der Waals surface area contributed by atoms with Crippen molar-refractivity contribution in [3.63, 3.8) is 0 Å². The molecule has 84 valence electrons. The molecule has 1 unspecified atom stereocenters. The number of nitrogens with zero attached hydrogens (tertiary/aromatic N) is 2. The van der Waals surface area contributed by atoms with Gasteiger partial charge in [0, 0.05) is 11.9 Å². The van der Waals surface area contributed by atoms with Gasteiger partial charge in [-0.1, -0.05) is 12.5 Å². The first kappa shape index (κ1) is 9.85. The van der Waals surface area contributed by atoms with Crippen LogP contribution in [0.3, 0.4) is 0 Å². The van der Waals surface area contributed by atoms with Crippen molar-refractivity contribution in [1.29, 1.82) is 0 Å². The van der Waals surface area contributed by atoms with Crippen molar-refractivity contribution >= 4 is 5.65 Å². The van der Waals surface area contributed by atoms with Gasteiger partial charge in [-0.3, -0.25) is 0 Å². The molecule has 1 atom stereocenters. The van der Waals surface area contributed by atoms with Crippen LogP contribution in [0, 0.1) is 6.92 Å². The van der Waals surface area contributed by atoms with Crippen LogP contribution in [-0.2, 0) is 0 Å². The fraction of sp³-hybridized carbons (Fsp3) is 0.462. The lowest BCUT2D eigenvalue weighted by Crippen LogP contribution is -2.27. The number of rotatable bonds is 1. The Balaban J connectivity index is 2.05. The van der Waals surface area contributed by atoms with E-state index in [1.807, 2.05) is 6.07 Å². The molecule has 2 aromatic rings. The Morgan fingerprint density at radius 1 is 1.38 bits per heavy atom. The second-order valence-corrected chi connectivity index (χ2v) is 4.51. The topological polar surface area (TPSA) is 29.3 Å². The summed E-state index contributed by atoms with van der Waals surface area (Å²) in [5.41, 5.74) is 3.56. The molecule has 3 heterocycles. The van der Waals surface area contributed by atoms with Gasteiger partial charge in [0.15, 0.2) is 0 Å². The number of aromatic nitrogens is 2. The van der Waals surface area contributed by atoms with Gasteiger partial charge in [-0.15, -0.1) is 0 Å². The lowest BCUT2D eigenvalue weighted by Gasteiger charge is -2.22. The molecular weight excluding hydrogens is 198 g/mol. The highest BCUT2D eigenvalue weighted by molar-refractivity contribution is 5.43. The zero-order valence-corrected chi connectivity index (χ0v) is 9.61. The molecule has 2 aromatic heterocycles. The largest absolute Gasteiger partial charge is 0.309 e. The van der Waals surface area contributed by atoms with E-state index in [4.69, 9.17) is 4.98 Å². The van der Waals surface area contributed by atoms with Crippen molar-refractivity contribution in [2.75, 3.05) is 6.54 Å². The third-order valence-electron chi connectivity index (χ3n) is 3.45. The molecule has 3 rings (SSSR count). The number of hydrogen-bond acceptors (Lipinski definition) is 2. The van der Waals surface area contributed by atoms with Crippen molar-refractivity contribution < 1.29 is 0 Å². The highest BCUT2D eigenvalue weighted by Gasteiger charge is 2.20. The van der Waals surface area contributed by atoms with E-state index < -0.39 is 0 Å². The van der Waals surface area contributed by atoms with E-state index in [2.05, 4.69) is 35.0 Å². The summed E-state index contributed by atoms with van der Waals surface area (Å²) in [6.07, 6.45) is 5.91. The van der Waals surface area contributed by atoms with E-state index in [1.54, 1.807) is 0 Å². The number of pyridine rings is 1. The van der Waals surface area contributed by atoms with E-state index in [-0.39, 0.29) is 0 Å². The Labute approximate surface area is 95.5 Å². The molecule has 1 N–H and O–H groups in total. The molecule has 0 spiro atoms. The predicted molar refractivity (Wildman–Crippen MR) is 64.5 cm³/mol. The van der Waals surface area contributed by atoms with Crippen LogP contribution in [0.25, 0.3) is 5.65 Å². The van der Waals surface area contributed by atoms with Crippen molar-refractivity contribution in [1.82, 2.24) is 14.7 Å². The van der Waals surface area contributed by atoms with Gasteiger partial charge in [0.2, 0.25) is 0 Å². The molecule has 0 bridgehead atoms. The molecule has 16 heavy (non-hydrogen) atoms. The third-order valence-corrected chi connectivity index (χ3v) is 3.45. The zero-order valence-electron chi connectivity index (χ0n) is 9.61. The minimum Gasteiger partial charge on any atom is -0.309 e. The second-order valence-electron chi connectivity index (χ2n) is 4.51. The Bertz CT molecular complexity index is 495. The third kappa shape index (κ3) is 1.52. The van der Waals surface area contributed by atoms with E-state index in [0.717, 1.165) is 12.2 Å². The number of imidazole rings is 1. The molecule has 0 amide bonds. The molecule has 0 saturated carbocycles. The Morgan fingerprint density at radius 2 is 2.31 bits per heavy atom. The number of nitrogens with one attached hydrogen (secondary N) is 1. The first-order valence-corrected chi connectivity index (χ1v) is 6.03. The Kier molecular flexibility index (Phi) is 2.40. The molecule has 3 nitrogen and oxygen atoms in total. The maximum absolute atomic E-state index is 4.74. The normalized spacial score (nSPS) is 21.4. The van der Waals surface area contributed by atoms with Crippen LogP contribution in [-0.4, -0.2) is 15.9 Å². The first-order chi connectivity index (χ1) is 7.86. The van der Waals surface area contributed by atoms with Gasteiger partial charge in [0.1, 0.15) is 5.65 Å². The van der Waals surface area contributed by atoms with E-state index >= 15 is 0 Å². The standard InChI is InChI=1S/C13H17N3/c1-10-13(11-6-2-4-8-14-11)15-12-7-3-5-9-16(10)12/h3,5,7,9,11,14H,2,4,6,8H2,1H3. The highest BCUT2D eigenvalue weighted by Crippen LogP contribution is 2.25. The van der Waals surface area contributed by atoms with Crippen LogP contribution in [0.15, 0.2) is 24.4 Å². The molecule has 1 saturated heterocycles. The summed E-state index contributed by atoms with van der Waals surface area (Å²) in [5, 5.41) is 3.56. The van der Waals surface area contributed by atoms with Crippen LogP contribution in [0.5, 0.6) is 0 Å². The summed E-state index contributed by atoms with van der Waals surface area (Å²) in [6, 6.07) is 6.62. The van der Waals surface area contributed by atoms with Crippen molar-refractivity contribution in [2.45, 2.75) is 32.2 Å². The fourth-order valence-corrected chi connectivity index (χ4v) is 2.55. The molecule has 0 aliphatic carbocycles. The monoisotopic (exact) mass is 215 g/mol. The smallest absolute Gasteiger partial charge is 0.137 e.